The summed E-state index contributed by atoms with van der Waals surface area (Å²) in [5.41, 5.74) is 0. The first-order chi connectivity index (χ1) is 7.78. The third kappa shape index (κ3) is 2.91. The highest BCUT2D eigenvalue weighted by molar-refractivity contribution is 7.85. The molecule has 2 rings (SSSR count). The molecular weight excluding hydrogens is 224 g/mol. The van der Waals surface area contributed by atoms with Gasteiger partial charge >= 0.3 is 0 Å². The van der Waals surface area contributed by atoms with Crippen LogP contribution in [0.5, 0.6) is 0 Å². The Morgan fingerprint density at radius 2 is 2.00 bits per heavy atom. The fourth-order valence-corrected chi connectivity index (χ4v) is 3.00. The lowest BCUT2D eigenvalue weighted by atomic mass is 10.1. The van der Waals surface area contributed by atoms with Gasteiger partial charge in [-0.1, -0.05) is 0 Å². The lowest BCUT2D eigenvalue weighted by molar-refractivity contribution is 0.622. The highest BCUT2D eigenvalue weighted by atomic mass is 32.2. The van der Waals surface area contributed by atoms with Gasteiger partial charge in [0.25, 0.3) is 0 Å². The van der Waals surface area contributed by atoms with E-state index < -0.39 is 10.8 Å². The predicted octanol–water partition coefficient (Wildman–Crippen LogP) is 0.841. The summed E-state index contributed by atoms with van der Waals surface area (Å²) < 4.78 is 11.2. The van der Waals surface area contributed by atoms with Crippen molar-refractivity contribution in [2.75, 3.05) is 29.2 Å². The van der Waals surface area contributed by atoms with E-state index in [-0.39, 0.29) is 0 Å². The maximum Gasteiger partial charge on any atom is 0.147 e. The second-order valence-corrected chi connectivity index (χ2v) is 5.50. The van der Waals surface area contributed by atoms with Crippen molar-refractivity contribution < 1.29 is 4.21 Å². The Hall–Kier alpha value is -1.17. The monoisotopic (exact) mass is 240 g/mol. The Kier molecular flexibility index (Phi) is 3.71. The molecule has 0 unspecified atom stereocenters. The van der Waals surface area contributed by atoms with E-state index in [1.54, 1.807) is 12.4 Å². The van der Waals surface area contributed by atoms with Crippen molar-refractivity contribution in [2.24, 2.45) is 0 Å². The lowest BCUT2D eigenvalue weighted by Crippen LogP contribution is -2.29. The summed E-state index contributed by atoms with van der Waals surface area (Å²) in [7, 11) is 1.20. The Labute approximate surface area is 97.5 Å². The topological polar surface area (TPSA) is 66.9 Å². The fraction of sp³-hybridized carbons (Fsp3) is 0.600. The molecule has 1 aromatic heterocycles. The number of rotatable bonds is 3. The number of hydrogen-bond donors (Lipinski definition) is 2. The van der Waals surface area contributed by atoms with E-state index in [1.165, 1.54) is 0 Å². The maximum absolute atomic E-state index is 11.2. The molecular formula is C10H16N4OS. The van der Waals surface area contributed by atoms with E-state index in [9.17, 15) is 4.21 Å². The van der Waals surface area contributed by atoms with E-state index >= 15 is 0 Å². The Bertz CT molecular complexity index is 375. The average molecular weight is 240 g/mol. The molecule has 1 fully saturated rings. The molecule has 1 aliphatic heterocycles. The van der Waals surface area contributed by atoms with Gasteiger partial charge in [0.2, 0.25) is 0 Å². The summed E-state index contributed by atoms with van der Waals surface area (Å²) in [4.78, 5) is 8.43. The number of nitrogens with zero attached hydrogens (tertiary/aromatic N) is 2. The van der Waals surface area contributed by atoms with E-state index in [2.05, 4.69) is 20.6 Å². The van der Waals surface area contributed by atoms with Crippen LogP contribution in [0.1, 0.15) is 12.8 Å². The molecule has 1 aromatic rings. The summed E-state index contributed by atoms with van der Waals surface area (Å²) in [6.45, 7) is 0. The van der Waals surface area contributed by atoms with Crippen LogP contribution >= 0.6 is 0 Å². The van der Waals surface area contributed by atoms with Gasteiger partial charge < -0.3 is 10.6 Å². The Morgan fingerprint density at radius 1 is 1.31 bits per heavy atom. The van der Waals surface area contributed by atoms with Crippen LogP contribution in [-0.4, -0.2) is 38.8 Å². The number of anilines is 2. The van der Waals surface area contributed by atoms with Gasteiger partial charge in [-0.3, -0.25) is 9.19 Å². The van der Waals surface area contributed by atoms with Crippen molar-refractivity contribution in [3.05, 3.63) is 12.4 Å². The van der Waals surface area contributed by atoms with E-state index in [1.807, 2.05) is 7.05 Å². The van der Waals surface area contributed by atoms with Crippen LogP contribution in [-0.2, 0) is 10.8 Å². The molecule has 2 heterocycles. The molecule has 0 radical (unpaired) electrons. The van der Waals surface area contributed by atoms with Crippen LogP contribution in [0.4, 0.5) is 11.6 Å². The first-order valence-electron chi connectivity index (χ1n) is 5.39. The Balaban J connectivity index is 1.95. The van der Waals surface area contributed by atoms with E-state index in [4.69, 9.17) is 0 Å². The van der Waals surface area contributed by atoms with Gasteiger partial charge in [-0.05, 0) is 12.8 Å². The molecule has 6 heteroatoms. The molecule has 0 saturated carbocycles. The molecule has 1 saturated heterocycles. The van der Waals surface area contributed by atoms with Crippen molar-refractivity contribution in [3.8, 4) is 0 Å². The van der Waals surface area contributed by atoms with Crippen LogP contribution in [0.15, 0.2) is 12.4 Å². The normalized spacial score (nSPS) is 25.1. The highest BCUT2D eigenvalue weighted by Crippen LogP contribution is 2.15. The van der Waals surface area contributed by atoms with Crippen LogP contribution in [0, 0.1) is 0 Å². The van der Waals surface area contributed by atoms with E-state index in [0.29, 0.717) is 6.04 Å². The summed E-state index contributed by atoms with van der Waals surface area (Å²) in [5, 5.41) is 6.28. The third-order valence-corrected chi connectivity index (χ3v) is 4.01. The molecule has 0 bridgehead atoms. The first kappa shape index (κ1) is 11.3. The number of aromatic nitrogens is 2. The van der Waals surface area contributed by atoms with Crippen LogP contribution in [0.3, 0.4) is 0 Å². The van der Waals surface area contributed by atoms with Crippen molar-refractivity contribution in [1.29, 1.82) is 0 Å². The summed E-state index contributed by atoms with van der Waals surface area (Å²) in [6.07, 6.45) is 5.28. The molecule has 0 amide bonds. The van der Waals surface area contributed by atoms with Crippen molar-refractivity contribution in [2.45, 2.75) is 18.9 Å². The lowest BCUT2D eigenvalue weighted by Gasteiger charge is -2.22. The van der Waals surface area contributed by atoms with Crippen molar-refractivity contribution in [3.63, 3.8) is 0 Å². The summed E-state index contributed by atoms with van der Waals surface area (Å²) >= 11 is 0. The summed E-state index contributed by atoms with van der Waals surface area (Å²) in [6, 6.07) is 0.374. The molecule has 0 aliphatic carbocycles. The van der Waals surface area contributed by atoms with Crippen molar-refractivity contribution in [1.82, 2.24) is 9.97 Å². The molecule has 1 aliphatic rings. The molecule has 0 aromatic carbocycles. The third-order valence-electron chi connectivity index (χ3n) is 2.63. The largest absolute Gasteiger partial charge is 0.372 e. The molecule has 0 spiro atoms. The smallest absolute Gasteiger partial charge is 0.147 e. The van der Waals surface area contributed by atoms with Gasteiger partial charge in [0.05, 0.1) is 12.4 Å². The minimum Gasteiger partial charge on any atom is -0.372 e. The average Bonchev–Trinajstić information content (AvgIpc) is 2.32. The second kappa shape index (κ2) is 5.25. The zero-order valence-corrected chi connectivity index (χ0v) is 10.1. The highest BCUT2D eigenvalue weighted by Gasteiger charge is 2.17. The van der Waals surface area contributed by atoms with Gasteiger partial charge in [0.1, 0.15) is 11.6 Å². The van der Waals surface area contributed by atoms with Crippen LogP contribution in [0.2, 0.25) is 0 Å². The maximum atomic E-state index is 11.2. The molecule has 16 heavy (non-hydrogen) atoms. The molecule has 5 nitrogen and oxygen atoms in total. The van der Waals surface area contributed by atoms with Gasteiger partial charge in [-0.25, -0.2) is 4.98 Å². The second-order valence-electron chi connectivity index (χ2n) is 3.81. The van der Waals surface area contributed by atoms with Crippen LogP contribution in [0.25, 0.3) is 0 Å². The standard InChI is InChI=1S/C10H16N4OS/c1-11-9-6-12-7-10(14-9)13-8-2-4-16(15)5-3-8/h6-8H,2-5H2,1H3,(H2,11,13,14). The minimum atomic E-state index is -0.613. The van der Waals surface area contributed by atoms with Gasteiger partial charge in [0, 0.05) is 35.4 Å². The van der Waals surface area contributed by atoms with Crippen LogP contribution < -0.4 is 10.6 Å². The minimum absolute atomic E-state index is 0.374. The molecule has 0 atom stereocenters. The summed E-state index contributed by atoms with van der Waals surface area (Å²) in [5.74, 6) is 3.11. The predicted molar refractivity (Wildman–Crippen MR) is 66.1 cm³/mol. The van der Waals surface area contributed by atoms with Gasteiger partial charge in [-0.15, -0.1) is 0 Å². The van der Waals surface area contributed by atoms with E-state index in [0.717, 1.165) is 36.0 Å². The number of nitrogens with one attached hydrogen (secondary N) is 2. The zero-order chi connectivity index (χ0) is 11.4. The molecule has 2 N–H and O–H groups in total. The Morgan fingerprint density at radius 3 is 2.69 bits per heavy atom. The first-order valence-corrected chi connectivity index (χ1v) is 6.88. The molecule has 88 valence electrons. The quantitative estimate of drug-likeness (QED) is 0.819. The number of hydrogen-bond acceptors (Lipinski definition) is 5. The van der Waals surface area contributed by atoms with Gasteiger partial charge in [-0.2, -0.15) is 0 Å². The zero-order valence-electron chi connectivity index (χ0n) is 9.27. The SMILES string of the molecule is CNc1cncc(NC2CCS(=O)CC2)n1. The van der Waals surface area contributed by atoms with Crippen molar-refractivity contribution >= 4 is 22.4 Å². The fourth-order valence-electron chi connectivity index (χ4n) is 1.70. The van der Waals surface area contributed by atoms with Gasteiger partial charge in [0.15, 0.2) is 0 Å².